The second kappa shape index (κ2) is 5.85. The monoisotopic (exact) mass is 275 g/mol. The van der Waals surface area contributed by atoms with Gasteiger partial charge in [-0.1, -0.05) is 6.07 Å². The number of nitrogens with zero attached hydrogens (tertiary/aromatic N) is 2. The number of nitriles is 1. The van der Waals surface area contributed by atoms with Gasteiger partial charge in [-0.05, 0) is 24.6 Å². The van der Waals surface area contributed by atoms with Gasteiger partial charge in [0.2, 0.25) is 0 Å². The normalized spacial score (nSPS) is 12.2. The highest BCUT2D eigenvalue weighted by Crippen LogP contribution is 2.18. The largest absolute Gasteiger partial charge is 0.342 e. The Morgan fingerprint density at radius 3 is 2.70 bits per heavy atom. The Labute approximate surface area is 116 Å². The molecule has 5 heteroatoms. The predicted molar refractivity (Wildman–Crippen MR) is 71.7 cm³/mol. The Morgan fingerprint density at radius 1 is 1.35 bits per heavy atom. The van der Waals surface area contributed by atoms with Crippen molar-refractivity contribution in [2.75, 3.05) is 0 Å². The standard InChI is InChI=1S/C15H15F2N3/c1-10(14-4-3-12(16)6-15(14)17)19-8-11-5-13(7-18)20(2)9-11/h3-6,9-10,19H,8H2,1-2H3. The maximum Gasteiger partial charge on any atom is 0.130 e. The first-order valence-corrected chi connectivity index (χ1v) is 6.25. The summed E-state index contributed by atoms with van der Waals surface area (Å²) >= 11 is 0. The molecular formula is C15H15F2N3. The first-order valence-electron chi connectivity index (χ1n) is 6.25. The highest BCUT2D eigenvalue weighted by molar-refractivity contribution is 5.28. The summed E-state index contributed by atoms with van der Waals surface area (Å²) in [5, 5.41) is 12.0. The number of benzene rings is 1. The third kappa shape index (κ3) is 3.03. The second-order valence-corrected chi connectivity index (χ2v) is 4.72. The number of aromatic nitrogens is 1. The lowest BCUT2D eigenvalue weighted by atomic mass is 10.1. The molecule has 2 rings (SSSR count). The first kappa shape index (κ1) is 14.2. The molecule has 0 saturated heterocycles. The van der Waals surface area contributed by atoms with Crippen molar-refractivity contribution in [3.05, 3.63) is 58.9 Å². The van der Waals surface area contributed by atoms with Crippen LogP contribution < -0.4 is 5.32 Å². The molecule has 0 spiro atoms. The fraction of sp³-hybridized carbons (Fsp3) is 0.267. The molecule has 0 aliphatic rings. The van der Waals surface area contributed by atoms with Gasteiger partial charge in [0.25, 0.3) is 0 Å². The minimum Gasteiger partial charge on any atom is -0.342 e. The molecule has 1 aromatic carbocycles. The zero-order valence-corrected chi connectivity index (χ0v) is 11.3. The summed E-state index contributed by atoms with van der Waals surface area (Å²) in [5.41, 5.74) is 1.93. The number of aryl methyl sites for hydroxylation is 1. The fourth-order valence-corrected chi connectivity index (χ4v) is 2.07. The minimum absolute atomic E-state index is 0.249. The molecule has 3 nitrogen and oxygen atoms in total. The van der Waals surface area contributed by atoms with Crippen molar-refractivity contribution in [2.45, 2.75) is 19.5 Å². The Hall–Kier alpha value is -2.19. The van der Waals surface area contributed by atoms with Crippen LogP contribution >= 0.6 is 0 Å². The van der Waals surface area contributed by atoms with Crippen LogP contribution in [0.2, 0.25) is 0 Å². The van der Waals surface area contributed by atoms with E-state index >= 15 is 0 Å². The summed E-state index contributed by atoms with van der Waals surface area (Å²) in [4.78, 5) is 0. The SMILES string of the molecule is CC(NCc1cc(C#N)n(C)c1)c1ccc(F)cc1F. The summed E-state index contributed by atoms with van der Waals surface area (Å²) in [6.07, 6.45) is 1.85. The van der Waals surface area contributed by atoms with Gasteiger partial charge in [0, 0.05) is 37.5 Å². The molecule has 0 radical (unpaired) electrons. The summed E-state index contributed by atoms with van der Waals surface area (Å²) in [5.74, 6) is -1.14. The van der Waals surface area contributed by atoms with Crippen molar-refractivity contribution in [1.82, 2.24) is 9.88 Å². The molecule has 0 amide bonds. The van der Waals surface area contributed by atoms with Gasteiger partial charge in [-0.15, -0.1) is 0 Å². The third-order valence-corrected chi connectivity index (χ3v) is 3.22. The Kier molecular flexibility index (Phi) is 4.16. The van der Waals surface area contributed by atoms with Crippen LogP contribution in [0.15, 0.2) is 30.5 Å². The van der Waals surface area contributed by atoms with E-state index in [1.807, 2.05) is 13.1 Å². The average molecular weight is 275 g/mol. The van der Waals surface area contributed by atoms with Crippen LogP contribution in [0.5, 0.6) is 0 Å². The Morgan fingerprint density at radius 2 is 2.10 bits per heavy atom. The van der Waals surface area contributed by atoms with Gasteiger partial charge in [-0.2, -0.15) is 5.26 Å². The van der Waals surface area contributed by atoms with Gasteiger partial charge >= 0.3 is 0 Å². The zero-order valence-electron chi connectivity index (χ0n) is 11.3. The highest BCUT2D eigenvalue weighted by Gasteiger charge is 2.12. The van der Waals surface area contributed by atoms with Gasteiger partial charge in [0.15, 0.2) is 0 Å². The van der Waals surface area contributed by atoms with E-state index in [2.05, 4.69) is 11.4 Å². The van der Waals surface area contributed by atoms with Gasteiger partial charge in [0.1, 0.15) is 23.4 Å². The van der Waals surface area contributed by atoms with Crippen LogP contribution in [-0.2, 0) is 13.6 Å². The molecular weight excluding hydrogens is 260 g/mol. The maximum atomic E-state index is 13.6. The topological polar surface area (TPSA) is 40.8 Å². The van der Waals surface area contributed by atoms with E-state index in [-0.39, 0.29) is 6.04 Å². The maximum absolute atomic E-state index is 13.6. The predicted octanol–water partition coefficient (Wildman–Crippen LogP) is 3.03. The van der Waals surface area contributed by atoms with Crippen molar-refractivity contribution in [3.63, 3.8) is 0 Å². The molecule has 1 N–H and O–H groups in total. The van der Waals surface area contributed by atoms with E-state index in [9.17, 15) is 8.78 Å². The lowest BCUT2D eigenvalue weighted by Gasteiger charge is -2.14. The van der Waals surface area contributed by atoms with Crippen molar-refractivity contribution in [1.29, 1.82) is 5.26 Å². The van der Waals surface area contributed by atoms with Gasteiger partial charge < -0.3 is 9.88 Å². The van der Waals surface area contributed by atoms with Crippen LogP contribution in [0.1, 0.15) is 29.8 Å². The fourth-order valence-electron chi connectivity index (χ4n) is 2.07. The third-order valence-electron chi connectivity index (χ3n) is 3.22. The second-order valence-electron chi connectivity index (χ2n) is 4.72. The molecule has 0 aliphatic heterocycles. The van der Waals surface area contributed by atoms with Gasteiger partial charge in [-0.25, -0.2) is 8.78 Å². The quantitative estimate of drug-likeness (QED) is 0.931. The number of nitrogens with one attached hydrogen (secondary N) is 1. The summed E-state index contributed by atoms with van der Waals surface area (Å²) in [6, 6.07) is 7.17. The first-order chi connectivity index (χ1) is 9.51. The van der Waals surface area contributed by atoms with E-state index in [0.717, 1.165) is 11.6 Å². The summed E-state index contributed by atoms with van der Waals surface area (Å²) in [7, 11) is 1.80. The van der Waals surface area contributed by atoms with E-state index in [0.29, 0.717) is 17.8 Å². The smallest absolute Gasteiger partial charge is 0.130 e. The molecule has 0 saturated carbocycles. The molecule has 2 aromatic rings. The summed E-state index contributed by atoms with van der Waals surface area (Å²) < 4.78 is 28.2. The minimum atomic E-state index is -0.583. The highest BCUT2D eigenvalue weighted by atomic mass is 19.1. The molecule has 104 valence electrons. The molecule has 1 aromatic heterocycles. The molecule has 1 atom stereocenters. The summed E-state index contributed by atoms with van der Waals surface area (Å²) in [6.45, 7) is 2.32. The van der Waals surface area contributed by atoms with Crippen LogP contribution in [0.25, 0.3) is 0 Å². The lowest BCUT2D eigenvalue weighted by Crippen LogP contribution is -2.19. The molecule has 0 fully saturated rings. The van der Waals surface area contributed by atoms with E-state index in [4.69, 9.17) is 5.26 Å². The molecule has 0 bridgehead atoms. The van der Waals surface area contributed by atoms with Crippen molar-refractivity contribution in [3.8, 4) is 6.07 Å². The van der Waals surface area contributed by atoms with Crippen molar-refractivity contribution in [2.24, 2.45) is 7.05 Å². The molecule has 20 heavy (non-hydrogen) atoms. The van der Waals surface area contributed by atoms with Crippen LogP contribution in [0.4, 0.5) is 8.78 Å². The van der Waals surface area contributed by atoms with Gasteiger partial charge in [0.05, 0.1) is 0 Å². The van der Waals surface area contributed by atoms with Crippen LogP contribution in [-0.4, -0.2) is 4.57 Å². The van der Waals surface area contributed by atoms with Crippen molar-refractivity contribution >= 4 is 0 Å². The average Bonchev–Trinajstić information content (AvgIpc) is 2.76. The Balaban J connectivity index is 2.04. The Bertz CT molecular complexity index is 656. The number of hydrogen-bond acceptors (Lipinski definition) is 2. The van der Waals surface area contributed by atoms with Crippen molar-refractivity contribution < 1.29 is 8.78 Å². The zero-order chi connectivity index (χ0) is 14.7. The number of hydrogen-bond donors (Lipinski definition) is 1. The molecule has 1 heterocycles. The number of halogens is 2. The van der Waals surface area contributed by atoms with Gasteiger partial charge in [-0.3, -0.25) is 0 Å². The lowest BCUT2D eigenvalue weighted by molar-refractivity contribution is 0.517. The van der Waals surface area contributed by atoms with Crippen LogP contribution in [0, 0.1) is 23.0 Å². The van der Waals surface area contributed by atoms with Crippen LogP contribution in [0.3, 0.4) is 0 Å². The van der Waals surface area contributed by atoms with E-state index in [1.54, 1.807) is 17.7 Å². The molecule has 1 unspecified atom stereocenters. The van der Waals surface area contributed by atoms with E-state index in [1.165, 1.54) is 12.1 Å². The molecule has 0 aliphatic carbocycles. The van der Waals surface area contributed by atoms with E-state index < -0.39 is 11.6 Å². The number of rotatable bonds is 4.